The maximum atomic E-state index is 12.8. The summed E-state index contributed by atoms with van der Waals surface area (Å²) in [5, 5.41) is 8.25. The van der Waals surface area contributed by atoms with E-state index in [1.165, 1.54) is 17.0 Å². The number of benzene rings is 1. The molecule has 11 heteroatoms. The molecule has 5 rings (SSSR count). The van der Waals surface area contributed by atoms with Gasteiger partial charge in [-0.25, -0.2) is 4.68 Å². The Balaban J connectivity index is 1.24. The van der Waals surface area contributed by atoms with Crippen molar-refractivity contribution in [2.24, 2.45) is 0 Å². The molecule has 1 aliphatic heterocycles. The largest absolute Gasteiger partial charge is 0.459 e. The van der Waals surface area contributed by atoms with Gasteiger partial charge >= 0.3 is 11.8 Å². The monoisotopic (exact) mass is 474 g/mol. The number of aryl methyl sites for hydroxylation is 1. The van der Waals surface area contributed by atoms with Crippen molar-refractivity contribution in [3.63, 3.8) is 0 Å². The van der Waals surface area contributed by atoms with Gasteiger partial charge in [-0.2, -0.15) is 10.1 Å². The number of nitrogens with zero attached hydrogens (tertiary/aromatic N) is 6. The summed E-state index contributed by atoms with van der Waals surface area (Å²) < 4.78 is 11.5. The topological polar surface area (TPSA) is 128 Å². The lowest BCUT2D eigenvalue weighted by Crippen LogP contribution is -2.50. The summed E-state index contributed by atoms with van der Waals surface area (Å²) in [5.74, 6) is -0.388. The molecule has 0 atom stereocenters. The number of hydrogen-bond acceptors (Lipinski definition) is 8. The van der Waals surface area contributed by atoms with Gasteiger partial charge in [-0.05, 0) is 25.1 Å². The third kappa shape index (κ3) is 4.74. The van der Waals surface area contributed by atoms with Crippen LogP contribution >= 0.6 is 0 Å². The van der Waals surface area contributed by atoms with E-state index in [2.05, 4.69) is 15.2 Å². The van der Waals surface area contributed by atoms with E-state index < -0.39 is 5.91 Å². The standard InChI is InChI=1S/C24H22N6O5/c1-16-4-6-17(7-5-16)18-8-9-21(31)30(26-18)15-20-25-22(35-27-20)24(33)29-12-10-28(11-13-29)23(32)19-3-2-14-34-19/h2-9,14H,10-13,15H2,1H3. The van der Waals surface area contributed by atoms with Crippen LogP contribution in [0, 0.1) is 6.92 Å². The Morgan fingerprint density at radius 2 is 1.66 bits per heavy atom. The maximum absolute atomic E-state index is 12.8. The van der Waals surface area contributed by atoms with Crippen molar-refractivity contribution in [2.45, 2.75) is 13.5 Å². The number of carbonyl (C=O) groups excluding carboxylic acids is 2. The Labute approximate surface area is 199 Å². The molecule has 11 nitrogen and oxygen atoms in total. The zero-order chi connectivity index (χ0) is 24.4. The predicted molar refractivity (Wildman–Crippen MR) is 123 cm³/mol. The number of furan rings is 1. The van der Waals surface area contributed by atoms with Crippen LogP contribution < -0.4 is 5.56 Å². The number of piperazine rings is 1. The number of hydrogen-bond donors (Lipinski definition) is 0. The van der Waals surface area contributed by atoms with E-state index >= 15 is 0 Å². The van der Waals surface area contributed by atoms with Crippen molar-refractivity contribution >= 4 is 11.8 Å². The molecule has 0 saturated carbocycles. The molecule has 0 spiro atoms. The number of carbonyl (C=O) groups is 2. The average molecular weight is 474 g/mol. The number of aromatic nitrogens is 4. The highest BCUT2D eigenvalue weighted by Crippen LogP contribution is 2.16. The van der Waals surface area contributed by atoms with Gasteiger partial charge in [0.25, 0.3) is 11.5 Å². The van der Waals surface area contributed by atoms with E-state index in [4.69, 9.17) is 8.94 Å². The second kappa shape index (κ2) is 9.37. The van der Waals surface area contributed by atoms with Crippen LogP contribution in [0.4, 0.5) is 0 Å². The maximum Gasteiger partial charge on any atom is 0.316 e. The van der Waals surface area contributed by atoms with Crippen LogP contribution in [0.1, 0.15) is 32.6 Å². The summed E-state index contributed by atoms with van der Waals surface area (Å²) in [7, 11) is 0. The molecule has 0 bridgehead atoms. The van der Waals surface area contributed by atoms with E-state index in [9.17, 15) is 14.4 Å². The van der Waals surface area contributed by atoms with Gasteiger partial charge in [0.1, 0.15) is 6.54 Å². The van der Waals surface area contributed by atoms with Crippen LogP contribution in [-0.4, -0.2) is 67.7 Å². The Morgan fingerprint density at radius 1 is 0.943 bits per heavy atom. The van der Waals surface area contributed by atoms with Crippen LogP contribution in [0.3, 0.4) is 0 Å². The molecule has 1 aromatic carbocycles. The van der Waals surface area contributed by atoms with Crippen molar-refractivity contribution in [2.75, 3.05) is 26.2 Å². The van der Waals surface area contributed by atoms with Crippen molar-refractivity contribution in [1.82, 2.24) is 29.7 Å². The lowest BCUT2D eigenvalue weighted by atomic mass is 10.1. The highest BCUT2D eigenvalue weighted by Gasteiger charge is 2.29. The van der Waals surface area contributed by atoms with E-state index in [1.807, 2.05) is 31.2 Å². The number of amides is 2. The fraction of sp³-hybridized carbons (Fsp3) is 0.250. The van der Waals surface area contributed by atoms with Gasteiger partial charge in [0, 0.05) is 37.8 Å². The molecule has 2 amide bonds. The smallest absolute Gasteiger partial charge is 0.316 e. The highest BCUT2D eigenvalue weighted by atomic mass is 16.5. The minimum absolute atomic E-state index is 0.0409. The van der Waals surface area contributed by atoms with Gasteiger partial charge in [0.15, 0.2) is 11.6 Å². The first-order chi connectivity index (χ1) is 17.0. The van der Waals surface area contributed by atoms with E-state index in [0.717, 1.165) is 11.1 Å². The van der Waals surface area contributed by atoms with Gasteiger partial charge in [0.05, 0.1) is 12.0 Å². The summed E-state index contributed by atoms with van der Waals surface area (Å²) in [4.78, 5) is 44.9. The highest BCUT2D eigenvalue weighted by molar-refractivity contribution is 5.92. The first-order valence-corrected chi connectivity index (χ1v) is 11.1. The minimum Gasteiger partial charge on any atom is -0.459 e. The van der Waals surface area contributed by atoms with Crippen LogP contribution in [0.25, 0.3) is 11.3 Å². The molecule has 0 N–H and O–H groups in total. The summed E-state index contributed by atoms with van der Waals surface area (Å²) in [6.07, 6.45) is 1.45. The summed E-state index contributed by atoms with van der Waals surface area (Å²) in [6, 6.07) is 14.1. The molecule has 0 unspecified atom stereocenters. The second-order valence-corrected chi connectivity index (χ2v) is 8.16. The van der Waals surface area contributed by atoms with Crippen LogP contribution in [0.15, 0.2) is 68.5 Å². The molecule has 1 aliphatic rings. The first-order valence-electron chi connectivity index (χ1n) is 11.1. The molecule has 0 radical (unpaired) electrons. The minimum atomic E-state index is -0.428. The molecule has 35 heavy (non-hydrogen) atoms. The normalized spacial score (nSPS) is 13.7. The van der Waals surface area contributed by atoms with E-state index in [0.29, 0.717) is 31.9 Å². The van der Waals surface area contributed by atoms with Gasteiger partial charge < -0.3 is 18.7 Å². The third-order valence-electron chi connectivity index (χ3n) is 5.74. The van der Waals surface area contributed by atoms with Gasteiger partial charge in [-0.1, -0.05) is 35.0 Å². The van der Waals surface area contributed by atoms with Crippen molar-refractivity contribution in [3.8, 4) is 11.3 Å². The third-order valence-corrected chi connectivity index (χ3v) is 5.74. The molecule has 3 aromatic heterocycles. The Bertz CT molecular complexity index is 1400. The molecular formula is C24H22N6O5. The molecule has 0 aliphatic carbocycles. The van der Waals surface area contributed by atoms with Gasteiger partial charge in [-0.3, -0.25) is 14.4 Å². The summed E-state index contributed by atoms with van der Waals surface area (Å²) in [5.41, 5.74) is 2.30. The molecule has 1 saturated heterocycles. The van der Waals surface area contributed by atoms with Crippen LogP contribution in [0.5, 0.6) is 0 Å². The summed E-state index contributed by atoms with van der Waals surface area (Å²) in [6.45, 7) is 3.31. The zero-order valence-electron chi connectivity index (χ0n) is 19.0. The molecular weight excluding hydrogens is 452 g/mol. The predicted octanol–water partition coefficient (Wildman–Crippen LogP) is 1.84. The van der Waals surface area contributed by atoms with Crippen LogP contribution in [0.2, 0.25) is 0 Å². The van der Waals surface area contributed by atoms with E-state index in [-0.39, 0.29) is 35.5 Å². The Morgan fingerprint density at radius 3 is 2.34 bits per heavy atom. The van der Waals surface area contributed by atoms with E-state index in [1.54, 1.807) is 28.0 Å². The average Bonchev–Trinajstić information content (AvgIpc) is 3.58. The van der Waals surface area contributed by atoms with Gasteiger partial charge in [0.2, 0.25) is 0 Å². The van der Waals surface area contributed by atoms with Crippen molar-refractivity contribution < 1.29 is 18.5 Å². The lowest BCUT2D eigenvalue weighted by molar-refractivity contribution is 0.0493. The van der Waals surface area contributed by atoms with Crippen molar-refractivity contribution in [3.05, 3.63) is 88.2 Å². The first kappa shape index (κ1) is 22.3. The molecule has 178 valence electrons. The Hall–Kier alpha value is -4.54. The molecule has 4 aromatic rings. The second-order valence-electron chi connectivity index (χ2n) is 8.16. The molecule has 1 fully saturated rings. The SMILES string of the molecule is Cc1ccc(-c2ccc(=O)n(Cc3noc(C(=O)N4CCN(C(=O)c5ccco5)CC4)n3)n2)cc1. The van der Waals surface area contributed by atoms with Crippen molar-refractivity contribution in [1.29, 1.82) is 0 Å². The molecule has 4 heterocycles. The quantitative estimate of drug-likeness (QED) is 0.429. The fourth-order valence-corrected chi connectivity index (χ4v) is 3.78. The lowest BCUT2D eigenvalue weighted by Gasteiger charge is -2.33. The zero-order valence-corrected chi connectivity index (χ0v) is 19.0. The number of rotatable bonds is 5. The Kier molecular flexibility index (Phi) is 5.96. The van der Waals surface area contributed by atoms with Gasteiger partial charge in [-0.15, -0.1) is 0 Å². The van der Waals surface area contributed by atoms with Crippen LogP contribution in [-0.2, 0) is 6.54 Å². The summed E-state index contributed by atoms with van der Waals surface area (Å²) >= 11 is 0. The fourth-order valence-electron chi connectivity index (χ4n) is 3.78.